The van der Waals surface area contributed by atoms with Crippen molar-refractivity contribution in [2.45, 2.75) is 16.6 Å². The van der Waals surface area contributed by atoms with Gasteiger partial charge < -0.3 is 15.4 Å². The third kappa shape index (κ3) is 4.41. The molecule has 0 saturated carbocycles. The van der Waals surface area contributed by atoms with E-state index < -0.39 is 9.72 Å². The van der Waals surface area contributed by atoms with Gasteiger partial charge in [0.1, 0.15) is 5.75 Å². The van der Waals surface area contributed by atoms with Gasteiger partial charge in [0, 0.05) is 11.4 Å². The summed E-state index contributed by atoms with van der Waals surface area (Å²) in [6.45, 7) is 1.87. The van der Waals surface area contributed by atoms with Gasteiger partial charge in [-0.2, -0.15) is 13.2 Å². The molecule has 1 aliphatic rings. The molecule has 1 aromatic rings. The molecular formula is C13H13F3IN3OS2. The lowest BCUT2D eigenvalue weighted by Gasteiger charge is -2.20. The summed E-state index contributed by atoms with van der Waals surface area (Å²) in [6, 6.07) is 5.37. The molecule has 23 heavy (non-hydrogen) atoms. The Labute approximate surface area is 154 Å². The number of thiocarbonyl (C=S) groups is 1. The minimum absolute atomic E-state index is 0.153. The van der Waals surface area contributed by atoms with Crippen LogP contribution in [0.5, 0.6) is 5.75 Å². The van der Waals surface area contributed by atoms with E-state index in [1.807, 2.05) is 13.0 Å². The van der Waals surface area contributed by atoms with Crippen LogP contribution in [-0.4, -0.2) is 32.9 Å². The van der Waals surface area contributed by atoms with Crippen molar-refractivity contribution in [2.24, 2.45) is 4.99 Å². The van der Waals surface area contributed by atoms with Crippen LogP contribution >= 0.6 is 46.6 Å². The summed E-state index contributed by atoms with van der Waals surface area (Å²) in [7, 11) is 1.57. The Hall–Kier alpha value is -0.750. The van der Waals surface area contributed by atoms with E-state index in [4.69, 9.17) is 17.0 Å². The molecule has 126 valence electrons. The van der Waals surface area contributed by atoms with E-state index in [0.717, 1.165) is 23.0 Å². The Kier molecular flexibility index (Phi) is 5.67. The molecule has 1 aliphatic heterocycles. The highest BCUT2D eigenvalue weighted by molar-refractivity contribution is 14.1. The van der Waals surface area contributed by atoms with Gasteiger partial charge in [0.05, 0.1) is 7.11 Å². The van der Waals surface area contributed by atoms with Gasteiger partial charge in [-0.25, -0.2) is 4.99 Å². The molecule has 1 atom stereocenters. The van der Waals surface area contributed by atoms with E-state index in [9.17, 15) is 13.2 Å². The molecule has 0 radical (unpaired) electrons. The predicted octanol–water partition coefficient (Wildman–Crippen LogP) is 4.09. The van der Waals surface area contributed by atoms with Gasteiger partial charge in [0.25, 0.3) is 0 Å². The van der Waals surface area contributed by atoms with Gasteiger partial charge in [0.15, 0.2) is 10.3 Å². The SMILES string of the molecule is COc1ccc(NC(=S)NC2=NC(I)(C(F)(F)F)CS2)c(C)c1. The normalized spacial score (nSPS) is 20.9. The molecule has 0 spiro atoms. The fourth-order valence-corrected chi connectivity index (χ4v) is 3.85. The summed E-state index contributed by atoms with van der Waals surface area (Å²) in [5, 5.41) is 5.99. The van der Waals surface area contributed by atoms with Crippen LogP contribution < -0.4 is 15.4 Å². The van der Waals surface area contributed by atoms with Crippen molar-refractivity contribution in [1.29, 1.82) is 0 Å². The third-order valence-electron chi connectivity index (χ3n) is 3.02. The largest absolute Gasteiger partial charge is 0.497 e. The molecular weight excluding hydrogens is 462 g/mol. The number of alkyl halides is 4. The minimum Gasteiger partial charge on any atom is -0.497 e. The van der Waals surface area contributed by atoms with Gasteiger partial charge in [-0.1, -0.05) is 11.8 Å². The van der Waals surface area contributed by atoms with Crippen LogP contribution in [-0.2, 0) is 0 Å². The number of aliphatic imine (C=N–C) groups is 1. The lowest BCUT2D eigenvalue weighted by molar-refractivity contribution is -0.146. The minimum atomic E-state index is -4.40. The lowest BCUT2D eigenvalue weighted by Crippen LogP contribution is -2.38. The number of anilines is 1. The summed E-state index contributed by atoms with van der Waals surface area (Å²) in [6.07, 6.45) is -4.40. The Morgan fingerprint density at radius 3 is 2.65 bits per heavy atom. The smallest absolute Gasteiger partial charge is 0.423 e. The summed E-state index contributed by atoms with van der Waals surface area (Å²) in [4.78, 5) is 3.71. The Balaban J connectivity index is 2.02. The number of amidine groups is 1. The molecule has 0 aliphatic carbocycles. The number of ether oxygens (including phenoxy) is 1. The van der Waals surface area contributed by atoms with Gasteiger partial charge >= 0.3 is 6.18 Å². The molecule has 0 aromatic heterocycles. The highest BCUT2D eigenvalue weighted by Gasteiger charge is 2.56. The quantitative estimate of drug-likeness (QED) is 0.292. The number of halogens is 4. The van der Waals surface area contributed by atoms with Crippen molar-refractivity contribution in [3.05, 3.63) is 23.8 Å². The van der Waals surface area contributed by atoms with Crippen LogP contribution in [0.2, 0.25) is 0 Å². The summed E-state index contributed by atoms with van der Waals surface area (Å²) < 4.78 is 41.7. The maximum atomic E-state index is 12.9. The van der Waals surface area contributed by atoms with Crippen molar-refractivity contribution in [2.75, 3.05) is 18.2 Å². The highest BCUT2D eigenvalue weighted by atomic mass is 127. The zero-order valence-electron chi connectivity index (χ0n) is 12.1. The van der Waals surface area contributed by atoms with E-state index in [2.05, 4.69) is 15.6 Å². The summed E-state index contributed by atoms with van der Waals surface area (Å²) in [5.74, 6) is 0.534. The Morgan fingerprint density at radius 2 is 2.13 bits per heavy atom. The molecule has 2 N–H and O–H groups in total. The molecule has 0 amide bonds. The number of hydrogen-bond donors (Lipinski definition) is 2. The van der Waals surface area contributed by atoms with Crippen LogP contribution in [0, 0.1) is 6.92 Å². The maximum Gasteiger partial charge on any atom is 0.423 e. The monoisotopic (exact) mass is 475 g/mol. The molecule has 4 nitrogen and oxygen atoms in total. The molecule has 10 heteroatoms. The van der Waals surface area contributed by atoms with Crippen molar-refractivity contribution in [3.8, 4) is 5.75 Å². The molecule has 0 fully saturated rings. The van der Waals surface area contributed by atoms with Crippen LogP contribution in [0.15, 0.2) is 23.2 Å². The number of hydrogen-bond acceptors (Lipinski definition) is 4. The number of nitrogens with one attached hydrogen (secondary N) is 2. The van der Waals surface area contributed by atoms with E-state index >= 15 is 0 Å². The van der Waals surface area contributed by atoms with Crippen molar-refractivity contribution in [1.82, 2.24) is 5.32 Å². The van der Waals surface area contributed by atoms with Crippen molar-refractivity contribution < 1.29 is 17.9 Å². The predicted molar refractivity (Wildman–Crippen MR) is 99.8 cm³/mol. The average molecular weight is 475 g/mol. The molecule has 1 unspecified atom stereocenters. The number of rotatable bonds is 2. The van der Waals surface area contributed by atoms with Gasteiger partial charge in [-0.15, -0.1) is 0 Å². The number of aryl methyl sites for hydroxylation is 1. The molecule has 1 heterocycles. The van der Waals surface area contributed by atoms with Gasteiger partial charge in [-0.05, 0) is 65.5 Å². The fraction of sp³-hybridized carbons (Fsp3) is 0.385. The second kappa shape index (κ2) is 7.01. The zero-order valence-corrected chi connectivity index (χ0v) is 15.9. The van der Waals surface area contributed by atoms with Crippen LogP contribution in [0.1, 0.15) is 5.56 Å². The second-order valence-corrected chi connectivity index (χ2v) is 7.88. The average Bonchev–Trinajstić information content (AvgIpc) is 2.83. The molecule has 0 bridgehead atoms. The first-order chi connectivity index (χ1) is 10.6. The number of methoxy groups -OCH3 is 1. The second-order valence-electron chi connectivity index (χ2n) is 4.72. The summed E-state index contributed by atoms with van der Waals surface area (Å²) >= 11 is 7.44. The Morgan fingerprint density at radius 1 is 1.43 bits per heavy atom. The van der Waals surface area contributed by atoms with E-state index in [1.54, 1.807) is 19.2 Å². The Bertz CT molecular complexity index is 654. The van der Waals surface area contributed by atoms with E-state index in [1.165, 1.54) is 22.6 Å². The first-order valence-electron chi connectivity index (χ1n) is 6.35. The third-order valence-corrected chi connectivity index (χ3v) is 6.00. The maximum absolute atomic E-state index is 12.9. The molecule has 0 saturated heterocycles. The van der Waals surface area contributed by atoms with E-state index in [-0.39, 0.29) is 16.0 Å². The topological polar surface area (TPSA) is 45.6 Å². The molecule has 1 aromatic carbocycles. The van der Waals surface area contributed by atoms with E-state index in [0.29, 0.717) is 5.75 Å². The van der Waals surface area contributed by atoms with Crippen LogP contribution in [0.3, 0.4) is 0 Å². The standard InChI is InChI=1S/C13H13F3IN3OS2/c1-7-5-8(21-2)3-4-9(7)18-10(22)19-11-20-12(17,6-23-11)13(14,15)16/h3-5H,6H2,1-2H3,(H2,18,19,20,22). The molecule has 2 rings (SSSR count). The van der Waals surface area contributed by atoms with Crippen LogP contribution in [0.25, 0.3) is 0 Å². The van der Waals surface area contributed by atoms with Gasteiger partial charge in [-0.3, -0.25) is 0 Å². The van der Waals surface area contributed by atoms with Crippen molar-refractivity contribution in [3.63, 3.8) is 0 Å². The number of benzene rings is 1. The first kappa shape index (κ1) is 18.6. The highest BCUT2D eigenvalue weighted by Crippen LogP contribution is 2.45. The summed E-state index contributed by atoms with van der Waals surface area (Å²) in [5.41, 5.74) is 1.64. The van der Waals surface area contributed by atoms with Crippen molar-refractivity contribution >= 4 is 62.5 Å². The van der Waals surface area contributed by atoms with Crippen LogP contribution in [0.4, 0.5) is 18.9 Å². The number of nitrogens with zero attached hydrogens (tertiary/aromatic N) is 1. The first-order valence-corrected chi connectivity index (χ1v) is 8.83. The number of thioether (sulfide) groups is 1. The lowest BCUT2D eigenvalue weighted by atomic mass is 10.2. The fourth-order valence-electron chi connectivity index (χ4n) is 1.75. The van der Waals surface area contributed by atoms with Gasteiger partial charge in [0.2, 0.25) is 3.55 Å². The zero-order chi connectivity index (χ0) is 17.3.